The molecule has 0 spiro atoms. The van der Waals surface area contributed by atoms with Gasteiger partial charge in [-0.25, -0.2) is 0 Å². The largest absolute Gasteiger partial charge is 0.353 e. The van der Waals surface area contributed by atoms with Crippen LogP contribution in [-0.2, 0) is 4.79 Å². The molecule has 1 amide bonds. The Bertz CT molecular complexity index is 247. The molecule has 3 saturated carbocycles. The summed E-state index contributed by atoms with van der Waals surface area (Å²) in [7, 11) is 0. The standard InChI is InChI=1S/C12H21NO/c1-8(11(2,3)4)13-10(14)12-5-9(6-12)7-12/h8-9H,5-7H2,1-4H3,(H,13,14). The number of nitrogens with one attached hydrogen (secondary N) is 1. The van der Waals surface area contributed by atoms with Crippen LogP contribution in [0, 0.1) is 16.7 Å². The molecule has 1 unspecified atom stereocenters. The summed E-state index contributed by atoms with van der Waals surface area (Å²) in [6.45, 7) is 8.60. The van der Waals surface area contributed by atoms with Crippen molar-refractivity contribution in [3.05, 3.63) is 0 Å². The van der Waals surface area contributed by atoms with E-state index in [1.165, 1.54) is 0 Å². The van der Waals surface area contributed by atoms with Gasteiger partial charge in [-0.1, -0.05) is 20.8 Å². The lowest BCUT2D eigenvalue weighted by atomic mass is 9.44. The van der Waals surface area contributed by atoms with E-state index in [-0.39, 0.29) is 16.9 Å². The Labute approximate surface area is 86.5 Å². The van der Waals surface area contributed by atoms with E-state index in [0.29, 0.717) is 5.91 Å². The van der Waals surface area contributed by atoms with Gasteiger partial charge in [-0.15, -0.1) is 0 Å². The third-order valence-electron chi connectivity index (χ3n) is 4.17. The molecule has 1 atom stereocenters. The quantitative estimate of drug-likeness (QED) is 0.720. The second-order valence-electron chi connectivity index (χ2n) is 6.32. The average Bonchev–Trinajstić information content (AvgIpc) is 1.76. The first-order valence-electron chi connectivity index (χ1n) is 5.64. The highest BCUT2D eigenvalue weighted by Gasteiger charge is 2.61. The fourth-order valence-electron chi connectivity index (χ4n) is 2.32. The zero-order valence-electron chi connectivity index (χ0n) is 9.68. The Morgan fingerprint density at radius 3 is 2.14 bits per heavy atom. The Hall–Kier alpha value is -0.530. The maximum Gasteiger partial charge on any atom is 0.226 e. The monoisotopic (exact) mass is 195 g/mol. The van der Waals surface area contributed by atoms with Crippen LogP contribution >= 0.6 is 0 Å². The first-order valence-corrected chi connectivity index (χ1v) is 5.64. The van der Waals surface area contributed by atoms with Crippen LogP contribution in [0.25, 0.3) is 0 Å². The van der Waals surface area contributed by atoms with Crippen molar-refractivity contribution in [3.63, 3.8) is 0 Å². The molecule has 3 aliphatic carbocycles. The molecule has 14 heavy (non-hydrogen) atoms. The van der Waals surface area contributed by atoms with E-state index in [9.17, 15) is 4.79 Å². The number of carbonyl (C=O) groups excluding carboxylic acids is 1. The highest BCUT2D eigenvalue weighted by molar-refractivity contribution is 5.85. The Kier molecular flexibility index (Phi) is 1.96. The second-order valence-corrected chi connectivity index (χ2v) is 6.32. The molecule has 0 aromatic rings. The Balaban J connectivity index is 1.88. The molecule has 80 valence electrons. The number of rotatable bonds is 2. The van der Waals surface area contributed by atoms with E-state index in [1.54, 1.807) is 0 Å². The van der Waals surface area contributed by atoms with Gasteiger partial charge < -0.3 is 5.32 Å². The van der Waals surface area contributed by atoms with Crippen molar-refractivity contribution in [1.29, 1.82) is 0 Å². The van der Waals surface area contributed by atoms with Gasteiger partial charge in [0.1, 0.15) is 0 Å². The van der Waals surface area contributed by atoms with Crippen LogP contribution in [0.5, 0.6) is 0 Å². The lowest BCUT2D eigenvalue weighted by Crippen LogP contribution is -2.62. The summed E-state index contributed by atoms with van der Waals surface area (Å²) in [6.07, 6.45) is 3.45. The van der Waals surface area contributed by atoms with Crippen molar-refractivity contribution in [1.82, 2.24) is 5.32 Å². The van der Waals surface area contributed by atoms with E-state index >= 15 is 0 Å². The lowest BCUT2D eigenvalue weighted by molar-refractivity contribution is -0.166. The summed E-state index contributed by atoms with van der Waals surface area (Å²) in [5.74, 6) is 1.19. The second kappa shape index (κ2) is 2.74. The third-order valence-corrected chi connectivity index (χ3v) is 4.17. The fraction of sp³-hybridized carbons (Fsp3) is 0.917. The molecule has 0 saturated heterocycles. The van der Waals surface area contributed by atoms with Crippen LogP contribution in [0.1, 0.15) is 47.0 Å². The minimum Gasteiger partial charge on any atom is -0.353 e. The van der Waals surface area contributed by atoms with E-state index in [1.807, 2.05) is 0 Å². The third kappa shape index (κ3) is 1.35. The number of hydrogen-bond donors (Lipinski definition) is 1. The van der Waals surface area contributed by atoms with Crippen LogP contribution in [-0.4, -0.2) is 11.9 Å². The van der Waals surface area contributed by atoms with Gasteiger partial charge in [0, 0.05) is 11.5 Å². The van der Waals surface area contributed by atoms with Crippen LogP contribution in [0.4, 0.5) is 0 Å². The highest BCUT2D eigenvalue weighted by Crippen LogP contribution is 2.64. The zero-order chi connectivity index (χ0) is 10.6. The normalized spacial score (nSPS) is 36.7. The van der Waals surface area contributed by atoms with Gasteiger partial charge in [0.05, 0.1) is 0 Å². The molecule has 2 nitrogen and oxygen atoms in total. The van der Waals surface area contributed by atoms with Crippen molar-refractivity contribution in [2.24, 2.45) is 16.7 Å². The summed E-state index contributed by atoms with van der Waals surface area (Å²) < 4.78 is 0. The summed E-state index contributed by atoms with van der Waals surface area (Å²) in [5, 5.41) is 3.16. The maximum atomic E-state index is 11.9. The Morgan fingerprint density at radius 2 is 1.86 bits per heavy atom. The van der Waals surface area contributed by atoms with Crippen molar-refractivity contribution < 1.29 is 4.79 Å². The molecular weight excluding hydrogens is 174 g/mol. The predicted molar refractivity (Wildman–Crippen MR) is 56.8 cm³/mol. The lowest BCUT2D eigenvalue weighted by Gasteiger charge is -2.60. The SMILES string of the molecule is CC(NC(=O)C12CC(C1)C2)C(C)(C)C. The van der Waals surface area contributed by atoms with Gasteiger partial charge in [-0.05, 0) is 37.5 Å². The summed E-state index contributed by atoms with van der Waals surface area (Å²) in [4.78, 5) is 11.9. The van der Waals surface area contributed by atoms with Gasteiger partial charge in [0.15, 0.2) is 0 Å². The van der Waals surface area contributed by atoms with E-state index in [4.69, 9.17) is 0 Å². The molecule has 3 rings (SSSR count). The molecule has 2 heteroatoms. The van der Waals surface area contributed by atoms with Crippen molar-refractivity contribution in [2.75, 3.05) is 0 Å². The average molecular weight is 195 g/mol. The molecule has 2 bridgehead atoms. The molecule has 0 aromatic carbocycles. The minimum absolute atomic E-state index is 0.0736. The molecule has 0 aliphatic heterocycles. The first kappa shape index (κ1) is 10.0. The van der Waals surface area contributed by atoms with E-state index < -0.39 is 0 Å². The molecule has 0 heterocycles. The van der Waals surface area contributed by atoms with Gasteiger partial charge in [0.25, 0.3) is 0 Å². The van der Waals surface area contributed by atoms with Crippen LogP contribution < -0.4 is 5.32 Å². The van der Waals surface area contributed by atoms with Crippen molar-refractivity contribution in [3.8, 4) is 0 Å². The van der Waals surface area contributed by atoms with Crippen molar-refractivity contribution >= 4 is 5.91 Å². The van der Waals surface area contributed by atoms with Gasteiger partial charge in [-0.2, -0.15) is 0 Å². The first-order chi connectivity index (χ1) is 6.33. The molecule has 3 fully saturated rings. The zero-order valence-corrected chi connectivity index (χ0v) is 9.68. The predicted octanol–water partition coefficient (Wildman–Crippen LogP) is 2.34. The van der Waals surface area contributed by atoms with Crippen LogP contribution in [0.2, 0.25) is 0 Å². The molecule has 0 aromatic heterocycles. The fourth-order valence-corrected chi connectivity index (χ4v) is 2.32. The molecule has 3 aliphatic rings. The molecular formula is C12H21NO. The number of hydrogen-bond acceptors (Lipinski definition) is 1. The van der Waals surface area contributed by atoms with Crippen molar-refractivity contribution in [2.45, 2.75) is 53.0 Å². The summed E-state index contributed by atoms with van der Waals surface area (Å²) in [5.41, 5.74) is 0.239. The molecule has 1 N–H and O–H groups in total. The van der Waals surface area contributed by atoms with E-state index in [0.717, 1.165) is 25.2 Å². The number of carbonyl (C=O) groups is 1. The summed E-state index contributed by atoms with van der Waals surface area (Å²) >= 11 is 0. The topological polar surface area (TPSA) is 29.1 Å². The number of amides is 1. The summed E-state index contributed by atoms with van der Waals surface area (Å²) in [6, 6.07) is 0.268. The highest BCUT2D eigenvalue weighted by atomic mass is 16.2. The van der Waals surface area contributed by atoms with Gasteiger partial charge in [0.2, 0.25) is 5.91 Å². The minimum atomic E-state index is 0.0736. The smallest absolute Gasteiger partial charge is 0.226 e. The Morgan fingerprint density at radius 1 is 1.36 bits per heavy atom. The maximum absolute atomic E-state index is 11.9. The van der Waals surface area contributed by atoms with Gasteiger partial charge >= 0.3 is 0 Å². The molecule has 0 radical (unpaired) electrons. The van der Waals surface area contributed by atoms with Gasteiger partial charge in [-0.3, -0.25) is 4.79 Å². The van der Waals surface area contributed by atoms with E-state index in [2.05, 4.69) is 33.0 Å². The van der Waals surface area contributed by atoms with Crippen LogP contribution in [0.3, 0.4) is 0 Å². The van der Waals surface area contributed by atoms with Crippen LogP contribution in [0.15, 0.2) is 0 Å².